The van der Waals surface area contributed by atoms with Crippen LogP contribution in [0.15, 0.2) is 10.5 Å². The first-order valence-corrected chi connectivity index (χ1v) is 8.32. The Bertz CT molecular complexity index is 554. The quantitative estimate of drug-likeness (QED) is 0.881. The summed E-state index contributed by atoms with van der Waals surface area (Å²) in [6, 6.07) is 2.40. The molecule has 0 aliphatic heterocycles. The molecule has 0 aromatic carbocycles. The van der Waals surface area contributed by atoms with Crippen LogP contribution in [0.25, 0.3) is 10.8 Å². The van der Waals surface area contributed by atoms with Gasteiger partial charge in [0.25, 0.3) is 5.89 Å². The molecule has 0 saturated heterocycles. The molecule has 2 aromatic rings. The molecule has 2 aromatic heterocycles. The fourth-order valence-electron chi connectivity index (χ4n) is 2.63. The smallest absolute Gasteiger partial charge is 0.257 e. The SMILES string of the molecule is CCCNC(CC)c1nnc(-c2cc3c(s2)CCC3)o1. The minimum Gasteiger partial charge on any atom is -0.418 e. The zero-order chi connectivity index (χ0) is 13.9. The van der Waals surface area contributed by atoms with Gasteiger partial charge in [0.15, 0.2) is 0 Å². The molecule has 108 valence electrons. The molecular weight excluding hydrogens is 270 g/mol. The number of fused-ring (bicyclic) bond motifs is 1. The van der Waals surface area contributed by atoms with Crippen LogP contribution in [0.3, 0.4) is 0 Å². The van der Waals surface area contributed by atoms with Gasteiger partial charge in [0, 0.05) is 4.88 Å². The van der Waals surface area contributed by atoms with Gasteiger partial charge in [-0.15, -0.1) is 21.5 Å². The largest absolute Gasteiger partial charge is 0.418 e. The molecule has 2 heterocycles. The van der Waals surface area contributed by atoms with Gasteiger partial charge >= 0.3 is 0 Å². The number of aryl methyl sites for hydroxylation is 2. The van der Waals surface area contributed by atoms with Crippen LogP contribution in [-0.2, 0) is 12.8 Å². The first-order chi connectivity index (χ1) is 9.81. The summed E-state index contributed by atoms with van der Waals surface area (Å²) in [5.74, 6) is 1.39. The molecule has 0 spiro atoms. The second-order valence-corrected chi connectivity index (χ2v) is 6.41. The fraction of sp³-hybridized carbons (Fsp3) is 0.600. The van der Waals surface area contributed by atoms with E-state index >= 15 is 0 Å². The van der Waals surface area contributed by atoms with Crippen molar-refractivity contribution in [2.75, 3.05) is 6.54 Å². The third-order valence-corrected chi connectivity index (χ3v) is 4.97. The number of rotatable bonds is 6. The monoisotopic (exact) mass is 291 g/mol. The first-order valence-electron chi connectivity index (χ1n) is 7.50. The number of thiophene rings is 1. The molecule has 20 heavy (non-hydrogen) atoms. The number of nitrogens with one attached hydrogen (secondary N) is 1. The van der Waals surface area contributed by atoms with Crippen LogP contribution >= 0.6 is 11.3 Å². The summed E-state index contributed by atoms with van der Waals surface area (Å²) in [7, 11) is 0. The van der Waals surface area contributed by atoms with E-state index in [4.69, 9.17) is 4.42 Å². The van der Waals surface area contributed by atoms with Crippen molar-refractivity contribution in [1.29, 1.82) is 0 Å². The van der Waals surface area contributed by atoms with Crippen molar-refractivity contribution >= 4 is 11.3 Å². The lowest BCUT2D eigenvalue weighted by Gasteiger charge is -2.11. The van der Waals surface area contributed by atoms with E-state index < -0.39 is 0 Å². The molecule has 0 amide bonds. The Kier molecular flexibility index (Phi) is 4.17. The number of aromatic nitrogens is 2. The molecule has 1 aliphatic carbocycles. The molecule has 3 rings (SSSR count). The zero-order valence-electron chi connectivity index (χ0n) is 12.1. The molecule has 5 heteroatoms. The van der Waals surface area contributed by atoms with Gasteiger partial charge < -0.3 is 9.73 Å². The van der Waals surface area contributed by atoms with Crippen molar-refractivity contribution in [2.24, 2.45) is 0 Å². The van der Waals surface area contributed by atoms with E-state index in [-0.39, 0.29) is 6.04 Å². The molecule has 0 bridgehead atoms. The molecule has 0 fully saturated rings. The summed E-state index contributed by atoms with van der Waals surface area (Å²) in [4.78, 5) is 2.62. The third-order valence-electron chi connectivity index (χ3n) is 3.75. The highest BCUT2D eigenvalue weighted by molar-refractivity contribution is 7.15. The molecule has 4 nitrogen and oxygen atoms in total. The van der Waals surface area contributed by atoms with Gasteiger partial charge in [-0.3, -0.25) is 0 Å². The molecule has 1 unspecified atom stereocenters. The summed E-state index contributed by atoms with van der Waals surface area (Å²) in [5, 5.41) is 11.9. The predicted octanol–water partition coefficient (Wildman–Crippen LogP) is 3.74. The standard InChI is InChI=1S/C15H21N3OS/c1-3-8-16-11(4-2)14-17-18-15(19-14)13-9-10-6-5-7-12(10)20-13/h9,11,16H,3-8H2,1-2H3. The summed E-state index contributed by atoms with van der Waals surface area (Å²) >= 11 is 1.81. The van der Waals surface area contributed by atoms with Crippen molar-refractivity contribution in [1.82, 2.24) is 15.5 Å². The first kappa shape index (κ1) is 13.8. The minimum absolute atomic E-state index is 0.169. The highest BCUT2D eigenvalue weighted by atomic mass is 32.1. The van der Waals surface area contributed by atoms with Crippen molar-refractivity contribution < 1.29 is 4.42 Å². The number of hydrogen-bond acceptors (Lipinski definition) is 5. The Hall–Kier alpha value is -1.20. The van der Waals surface area contributed by atoms with Gasteiger partial charge in [0.2, 0.25) is 5.89 Å². The van der Waals surface area contributed by atoms with E-state index in [1.54, 1.807) is 0 Å². The lowest BCUT2D eigenvalue weighted by molar-refractivity contribution is 0.396. The number of hydrogen-bond donors (Lipinski definition) is 1. The Morgan fingerprint density at radius 1 is 1.35 bits per heavy atom. The average Bonchev–Trinajstić information content (AvgIpc) is 3.13. The van der Waals surface area contributed by atoms with Crippen molar-refractivity contribution in [3.63, 3.8) is 0 Å². The maximum atomic E-state index is 5.88. The summed E-state index contributed by atoms with van der Waals surface area (Å²) in [6.07, 6.45) is 5.76. The van der Waals surface area contributed by atoms with Crippen LogP contribution in [0.2, 0.25) is 0 Å². The van der Waals surface area contributed by atoms with E-state index in [9.17, 15) is 0 Å². The van der Waals surface area contributed by atoms with Crippen molar-refractivity contribution in [3.05, 3.63) is 22.4 Å². The van der Waals surface area contributed by atoms with E-state index in [1.165, 1.54) is 29.7 Å². The van der Waals surface area contributed by atoms with E-state index in [1.807, 2.05) is 11.3 Å². The van der Waals surface area contributed by atoms with Crippen LogP contribution in [0.4, 0.5) is 0 Å². The van der Waals surface area contributed by atoms with Crippen molar-refractivity contribution in [3.8, 4) is 10.8 Å². The third kappa shape index (κ3) is 2.65. The molecular formula is C15H21N3OS. The van der Waals surface area contributed by atoms with Gasteiger partial charge in [-0.05, 0) is 50.3 Å². The van der Waals surface area contributed by atoms with Gasteiger partial charge in [0.1, 0.15) is 0 Å². The van der Waals surface area contributed by atoms with Crippen LogP contribution < -0.4 is 5.32 Å². The topological polar surface area (TPSA) is 51.0 Å². The Balaban J connectivity index is 1.78. The van der Waals surface area contributed by atoms with Crippen LogP contribution in [-0.4, -0.2) is 16.7 Å². The second kappa shape index (κ2) is 6.06. The molecule has 0 radical (unpaired) electrons. The van der Waals surface area contributed by atoms with E-state index in [0.29, 0.717) is 11.8 Å². The van der Waals surface area contributed by atoms with Crippen molar-refractivity contribution in [2.45, 2.75) is 52.0 Å². The highest BCUT2D eigenvalue weighted by Gasteiger charge is 2.21. The van der Waals surface area contributed by atoms with Crippen LogP contribution in [0, 0.1) is 0 Å². The Morgan fingerprint density at radius 3 is 3.00 bits per heavy atom. The minimum atomic E-state index is 0.169. The molecule has 1 aliphatic rings. The second-order valence-electron chi connectivity index (χ2n) is 5.27. The summed E-state index contributed by atoms with van der Waals surface area (Å²) in [6.45, 7) is 5.27. The van der Waals surface area contributed by atoms with Gasteiger partial charge in [-0.2, -0.15) is 0 Å². The molecule has 1 N–H and O–H groups in total. The Labute approximate surface area is 123 Å². The van der Waals surface area contributed by atoms with Crippen LogP contribution in [0.1, 0.15) is 55.5 Å². The lowest BCUT2D eigenvalue weighted by Crippen LogP contribution is -2.21. The lowest BCUT2D eigenvalue weighted by atomic mass is 10.2. The van der Waals surface area contributed by atoms with Gasteiger partial charge in [-0.1, -0.05) is 13.8 Å². The zero-order valence-corrected chi connectivity index (χ0v) is 12.9. The summed E-state index contributed by atoms with van der Waals surface area (Å²) in [5.41, 5.74) is 1.47. The maximum absolute atomic E-state index is 5.88. The van der Waals surface area contributed by atoms with Gasteiger partial charge in [-0.25, -0.2) is 0 Å². The Morgan fingerprint density at radius 2 is 2.25 bits per heavy atom. The summed E-state index contributed by atoms with van der Waals surface area (Å²) < 4.78 is 5.88. The molecule has 0 saturated carbocycles. The maximum Gasteiger partial charge on any atom is 0.257 e. The van der Waals surface area contributed by atoms with E-state index in [0.717, 1.165) is 24.3 Å². The average molecular weight is 291 g/mol. The van der Waals surface area contributed by atoms with E-state index in [2.05, 4.69) is 35.4 Å². The van der Waals surface area contributed by atoms with Crippen LogP contribution in [0.5, 0.6) is 0 Å². The fourth-order valence-corrected chi connectivity index (χ4v) is 3.81. The normalized spacial score (nSPS) is 15.5. The molecule has 1 atom stereocenters. The van der Waals surface area contributed by atoms with Gasteiger partial charge in [0.05, 0.1) is 10.9 Å². The number of nitrogens with zero attached hydrogens (tertiary/aromatic N) is 2. The predicted molar refractivity (Wildman–Crippen MR) is 81.0 cm³/mol. The highest BCUT2D eigenvalue weighted by Crippen LogP contribution is 2.36.